The van der Waals surface area contributed by atoms with Crippen molar-refractivity contribution in [2.75, 3.05) is 18.6 Å². The predicted octanol–water partition coefficient (Wildman–Crippen LogP) is 2.33. The van der Waals surface area contributed by atoms with Crippen LogP contribution in [0.5, 0.6) is 0 Å². The highest BCUT2D eigenvalue weighted by Crippen LogP contribution is 2.23. The van der Waals surface area contributed by atoms with Gasteiger partial charge >= 0.3 is 0 Å². The number of nitrogens with one attached hydrogen (secondary N) is 1. The number of nitrogens with two attached hydrogens (primary N) is 1. The van der Waals surface area contributed by atoms with Gasteiger partial charge in [0.2, 0.25) is 10.0 Å². The van der Waals surface area contributed by atoms with Gasteiger partial charge in [0, 0.05) is 17.6 Å². The summed E-state index contributed by atoms with van der Waals surface area (Å²) < 4.78 is 27.5. The number of rotatable bonds is 8. The lowest BCUT2D eigenvalue weighted by atomic mass is 10.2. The third kappa shape index (κ3) is 5.43. The van der Waals surface area contributed by atoms with Crippen molar-refractivity contribution in [3.8, 4) is 0 Å². The van der Waals surface area contributed by atoms with Gasteiger partial charge in [-0.15, -0.1) is 0 Å². The topological polar surface area (TPSA) is 72.2 Å². The highest BCUT2D eigenvalue weighted by Gasteiger charge is 2.17. The molecule has 0 saturated carbocycles. The van der Waals surface area contributed by atoms with Gasteiger partial charge in [0.25, 0.3) is 0 Å². The molecule has 0 aliphatic heterocycles. The monoisotopic (exact) mass is 366 g/mol. The zero-order chi connectivity index (χ0) is 14.3. The first kappa shape index (κ1) is 17.0. The van der Waals surface area contributed by atoms with Crippen LogP contribution in [0.15, 0.2) is 27.6 Å². The van der Waals surface area contributed by atoms with Crippen LogP contribution in [0, 0.1) is 0 Å². The van der Waals surface area contributed by atoms with Crippen molar-refractivity contribution in [3.63, 3.8) is 0 Å². The standard InChI is InChI=1S/C12H19BrN2O2S2/c1-18-7-3-2-6-15-19(16,17)12-8-10(9-14)4-5-11(12)13/h4-5,8,15H,2-3,6-7,9,14H2,1H3. The first-order chi connectivity index (χ1) is 9.01. The Balaban J connectivity index is 2.71. The van der Waals surface area contributed by atoms with Crippen molar-refractivity contribution in [2.24, 2.45) is 5.73 Å². The first-order valence-corrected chi connectivity index (χ1v) is 9.65. The van der Waals surface area contributed by atoms with Crippen LogP contribution in [0.25, 0.3) is 0 Å². The molecule has 0 spiro atoms. The minimum atomic E-state index is -3.47. The van der Waals surface area contributed by atoms with Crippen LogP contribution < -0.4 is 10.5 Å². The minimum absolute atomic E-state index is 0.250. The summed E-state index contributed by atoms with van der Waals surface area (Å²) in [5.74, 6) is 1.05. The van der Waals surface area contributed by atoms with E-state index in [1.807, 2.05) is 12.3 Å². The van der Waals surface area contributed by atoms with Gasteiger partial charge < -0.3 is 5.73 Å². The van der Waals surface area contributed by atoms with Gasteiger partial charge in [0.1, 0.15) is 0 Å². The molecular formula is C12H19BrN2O2S2. The molecule has 0 aromatic heterocycles. The van der Waals surface area contributed by atoms with Crippen molar-refractivity contribution in [3.05, 3.63) is 28.2 Å². The molecule has 0 fully saturated rings. The molecule has 0 heterocycles. The molecule has 0 saturated heterocycles. The molecule has 4 nitrogen and oxygen atoms in total. The molecular weight excluding hydrogens is 348 g/mol. The summed E-state index contributed by atoms with van der Waals surface area (Å²) in [6.07, 6.45) is 3.89. The van der Waals surface area contributed by atoms with Gasteiger partial charge in [0.15, 0.2) is 0 Å². The van der Waals surface area contributed by atoms with Gasteiger partial charge in [-0.3, -0.25) is 0 Å². The Kier molecular flexibility index (Phi) is 7.38. The van der Waals surface area contributed by atoms with Crippen molar-refractivity contribution < 1.29 is 8.42 Å². The van der Waals surface area contributed by atoms with Crippen LogP contribution >= 0.6 is 27.7 Å². The van der Waals surface area contributed by atoms with E-state index in [1.165, 1.54) is 0 Å². The maximum Gasteiger partial charge on any atom is 0.241 e. The maximum atomic E-state index is 12.2. The third-order valence-corrected chi connectivity index (χ3v) is 5.74. The molecule has 1 rings (SSSR count). The van der Waals surface area contributed by atoms with Crippen LogP contribution in [-0.2, 0) is 16.6 Å². The molecule has 1 aromatic carbocycles. The average Bonchev–Trinajstić information content (AvgIpc) is 2.39. The first-order valence-electron chi connectivity index (χ1n) is 5.98. The summed E-state index contributed by atoms with van der Waals surface area (Å²) in [5, 5.41) is 0. The van der Waals surface area contributed by atoms with Gasteiger partial charge in [-0.05, 0) is 58.5 Å². The van der Waals surface area contributed by atoms with E-state index in [2.05, 4.69) is 20.7 Å². The third-order valence-electron chi connectivity index (χ3n) is 2.59. The van der Waals surface area contributed by atoms with Crippen molar-refractivity contribution in [2.45, 2.75) is 24.3 Å². The predicted molar refractivity (Wildman–Crippen MR) is 84.8 cm³/mol. The number of halogens is 1. The van der Waals surface area contributed by atoms with E-state index < -0.39 is 10.0 Å². The molecule has 19 heavy (non-hydrogen) atoms. The summed E-state index contributed by atoms with van der Waals surface area (Å²) in [4.78, 5) is 0.250. The normalized spacial score (nSPS) is 11.7. The van der Waals surface area contributed by atoms with Crippen LogP contribution in [0.2, 0.25) is 0 Å². The molecule has 0 aliphatic carbocycles. The molecule has 3 N–H and O–H groups in total. The van der Waals surface area contributed by atoms with Gasteiger partial charge in [-0.1, -0.05) is 6.07 Å². The van der Waals surface area contributed by atoms with E-state index >= 15 is 0 Å². The van der Waals surface area contributed by atoms with Gasteiger partial charge in [-0.2, -0.15) is 11.8 Å². The van der Waals surface area contributed by atoms with Gasteiger partial charge in [0.05, 0.1) is 4.90 Å². The molecule has 0 unspecified atom stereocenters. The van der Waals surface area contributed by atoms with E-state index in [9.17, 15) is 8.42 Å². The summed E-state index contributed by atoms with van der Waals surface area (Å²) in [6, 6.07) is 5.13. The number of hydrogen-bond donors (Lipinski definition) is 2. The fraction of sp³-hybridized carbons (Fsp3) is 0.500. The average molecular weight is 367 g/mol. The van der Waals surface area contributed by atoms with Crippen molar-refractivity contribution >= 4 is 37.7 Å². The molecule has 7 heteroatoms. The summed E-state index contributed by atoms with van der Waals surface area (Å²) in [6.45, 7) is 0.783. The highest BCUT2D eigenvalue weighted by atomic mass is 79.9. The second kappa shape index (κ2) is 8.26. The SMILES string of the molecule is CSCCCCNS(=O)(=O)c1cc(CN)ccc1Br. The van der Waals surface area contributed by atoms with E-state index in [1.54, 1.807) is 23.9 Å². The Morgan fingerprint density at radius 3 is 2.74 bits per heavy atom. The molecule has 0 atom stereocenters. The number of sulfonamides is 1. The smallest absolute Gasteiger partial charge is 0.241 e. The Morgan fingerprint density at radius 2 is 2.11 bits per heavy atom. The van der Waals surface area contributed by atoms with E-state index in [0.717, 1.165) is 24.2 Å². The summed E-state index contributed by atoms with van der Waals surface area (Å²) >= 11 is 5.03. The van der Waals surface area contributed by atoms with Crippen molar-refractivity contribution in [1.29, 1.82) is 0 Å². The molecule has 0 bridgehead atoms. The zero-order valence-electron chi connectivity index (χ0n) is 10.9. The molecule has 1 aromatic rings. The Hall–Kier alpha value is -0.0800. The molecule has 0 radical (unpaired) electrons. The van der Waals surface area contributed by atoms with Crippen LogP contribution in [0.3, 0.4) is 0 Å². The zero-order valence-corrected chi connectivity index (χ0v) is 14.1. The summed E-state index contributed by atoms with van der Waals surface area (Å²) in [7, 11) is -3.47. The quantitative estimate of drug-likeness (QED) is 0.692. The molecule has 0 aliphatic rings. The van der Waals surface area contributed by atoms with Crippen LogP contribution in [0.4, 0.5) is 0 Å². The Labute approximate surface area is 127 Å². The van der Waals surface area contributed by atoms with Crippen LogP contribution in [0.1, 0.15) is 18.4 Å². The lowest BCUT2D eigenvalue weighted by Crippen LogP contribution is -2.25. The number of hydrogen-bond acceptors (Lipinski definition) is 4. The Morgan fingerprint density at radius 1 is 1.37 bits per heavy atom. The second-order valence-corrected chi connectivity index (χ2v) is 7.64. The summed E-state index contributed by atoms with van der Waals surface area (Å²) in [5.41, 5.74) is 6.33. The van der Waals surface area contributed by atoms with Crippen molar-refractivity contribution in [1.82, 2.24) is 4.72 Å². The molecule has 108 valence electrons. The minimum Gasteiger partial charge on any atom is -0.326 e. The van der Waals surface area contributed by atoms with Crippen LogP contribution in [-0.4, -0.2) is 27.0 Å². The highest BCUT2D eigenvalue weighted by molar-refractivity contribution is 9.10. The Bertz CT molecular complexity index is 506. The number of thioether (sulfide) groups is 1. The molecule has 0 amide bonds. The van der Waals surface area contributed by atoms with E-state index in [0.29, 0.717) is 17.6 Å². The lowest BCUT2D eigenvalue weighted by Gasteiger charge is -2.09. The number of unbranched alkanes of at least 4 members (excludes halogenated alkanes) is 1. The fourth-order valence-electron chi connectivity index (χ4n) is 1.54. The van der Waals surface area contributed by atoms with E-state index in [4.69, 9.17) is 5.73 Å². The van der Waals surface area contributed by atoms with E-state index in [-0.39, 0.29) is 4.90 Å². The second-order valence-electron chi connectivity index (χ2n) is 4.07. The largest absolute Gasteiger partial charge is 0.326 e. The lowest BCUT2D eigenvalue weighted by molar-refractivity contribution is 0.578. The number of benzene rings is 1. The fourth-order valence-corrected chi connectivity index (χ4v) is 4.11. The maximum absolute atomic E-state index is 12.2. The van der Waals surface area contributed by atoms with Gasteiger partial charge in [-0.25, -0.2) is 13.1 Å².